The number of nitrogens with two attached hydrogens (primary N) is 1. The molecule has 0 spiro atoms. The molecule has 6 heteroatoms. The minimum Gasteiger partial charge on any atom is -0.327 e. The van der Waals surface area contributed by atoms with E-state index in [9.17, 15) is 9.18 Å². The maximum Gasteiger partial charge on any atom is 0.276 e. The molecule has 3 N–H and O–H groups in total. The van der Waals surface area contributed by atoms with Gasteiger partial charge in [0.05, 0.1) is 12.9 Å². The van der Waals surface area contributed by atoms with E-state index in [0.717, 1.165) is 0 Å². The van der Waals surface area contributed by atoms with Crippen molar-refractivity contribution in [1.29, 1.82) is 0 Å². The van der Waals surface area contributed by atoms with E-state index in [0.29, 0.717) is 17.6 Å². The molecule has 0 saturated carbocycles. The first-order chi connectivity index (χ1) is 9.72. The van der Waals surface area contributed by atoms with Gasteiger partial charge in [-0.05, 0) is 23.8 Å². The number of hydrogen-bond acceptors (Lipinski definition) is 3. The molecule has 5 nitrogen and oxygen atoms in total. The fourth-order valence-electron chi connectivity index (χ4n) is 1.64. The Labute approximate surface area is 115 Å². The van der Waals surface area contributed by atoms with Gasteiger partial charge >= 0.3 is 0 Å². The number of nitrogens with one attached hydrogen (secondary N) is 1. The number of carbonyl (C=O) groups is 1. The lowest BCUT2D eigenvalue weighted by atomic mass is 10.3. The van der Waals surface area contributed by atoms with Gasteiger partial charge in [-0.25, -0.2) is 4.39 Å². The Balaban J connectivity index is 2.03. The molecule has 0 unspecified atom stereocenters. The SMILES string of the molecule is NC/C(=C\F)Cn1ccc(C(=O)Nc2ccccc2)n1. The number of aromatic nitrogens is 2. The fraction of sp³-hybridized carbons (Fsp3) is 0.143. The van der Waals surface area contributed by atoms with Crippen LogP contribution in [0.25, 0.3) is 0 Å². The number of para-hydroxylation sites is 1. The zero-order chi connectivity index (χ0) is 14.4. The summed E-state index contributed by atoms with van der Waals surface area (Å²) in [4.78, 5) is 12.0. The molecule has 0 radical (unpaired) electrons. The maximum absolute atomic E-state index is 12.4. The Morgan fingerprint density at radius 2 is 2.10 bits per heavy atom. The summed E-state index contributed by atoms with van der Waals surface area (Å²) in [5.74, 6) is -0.312. The molecule has 104 valence electrons. The summed E-state index contributed by atoms with van der Waals surface area (Å²) in [6.07, 6.45) is 2.07. The molecule has 0 fully saturated rings. The molecule has 0 bridgehead atoms. The average Bonchev–Trinajstić information content (AvgIpc) is 2.94. The van der Waals surface area contributed by atoms with E-state index < -0.39 is 0 Å². The molecule has 2 rings (SSSR count). The Bertz CT molecular complexity index is 607. The van der Waals surface area contributed by atoms with Crippen LogP contribution in [0, 0.1) is 0 Å². The normalized spacial score (nSPS) is 11.4. The number of carbonyl (C=O) groups excluding carboxylic acids is 1. The molecule has 1 aromatic carbocycles. The van der Waals surface area contributed by atoms with Crippen LogP contribution in [0.2, 0.25) is 0 Å². The number of halogens is 1. The molecule has 1 heterocycles. The van der Waals surface area contributed by atoms with Crippen LogP contribution in [0.3, 0.4) is 0 Å². The van der Waals surface area contributed by atoms with E-state index in [2.05, 4.69) is 10.4 Å². The van der Waals surface area contributed by atoms with Crippen molar-refractivity contribution < 1.29 is 9.18 Å². The predicted octanol–water partition coefficient (Wildman–Crippen LogP) is 1.95. The third-order valence-electron chi connectivity index (χ3n) is 2.69. The standard InChI is InChI=1S/C14H15FN4O/c15-8-11(9-16)10-19-7-6-13(18-19)14(20)17-12-4-2-1-3-5-12/h1-8H,9-10,16H2,(H,17,20)/b11-8+. The summed E-state index contributed by atoms with van der Waals surface area (Å²) in [6, 6.07) is 10.7. The number of anilines is 1. The van der Waals surface area contributed by atoms with Gasteiger partial charge in [0.25, 0.3) is 5.91 Å². The highest BCUT2D eigenvalue weighted by Crippen LogP contribution is 2.08. The monoisotopic (exact) mass is 274 g/mol. The minimum atomic E-state index is -0.312. The van der Waals surface area contributed by atoms with Crippen molar-refractivity contribution in [3.05, 3.63) is 60.2 Å². The van der Waals surface area contributed by atoms with Crippen LogP contribution in [-0.4, -0.2) is 22.2 Å². The summed E-state index contributed by atoms with van der Waals surface area (Å²) in [5, 5.41) is 6.81. The van der Waals surface area contributed by atoms with Crippen molar-refractivity contribution >= 4 is 11.6 Å². The minimum absolute atomic E-state index is 0.113. The summed E-state index contributed by atoms with van der Waals surface area (Å²) >= 11 is 0. The van der Waals surface area contributed by atoms with E-state index in [-0.39, 0.29) is 24.7 Å². The van der Waals surface area contributed by atoms with E-state index in [1.807, 2.05) is 18.2 Å². The van der Waals surface area contributed by atoms with Gasteiger partial charge < -0.3 is 11.1 Å². The fourth-order valence-corrected chi connectivity index (χ4v) is 1.64. The molecular weight excluding hydrogens is 259 g/mol. The summed E-state index contributed by atoms with van der Waals surface area (Å²) in [6.45, 7) is 0.341. The quantitative estimate of drug-likeness (QED) is 0.875. The lowest BCUT2D eigenvalue weighted by Gasteiger charge is -2.03. The van der Waals surface area contributed by atoms with Crippen LogP contribution >= 0.6 is 0 Å². The van der Waals surface area contributed by atoms with Crippen LogP contribution in [0.4, 0.5) is 10.1 Å². The third kappa shape index (κ3) is 3.52. The molecule has 2 aromatic rings. The Morgan fingerprint density at radius 1 is 1.35 bits per heavy atom. The van der Waals surface area contributed by atoms with E-state index in [4.69, 9.17) is 5.73 Å². The van der Waals surface area contributed by atoms with Crippen LogP contribution in [0.15, 0.2) is 54.5 Å². The molecular formula is C14H15FN4O. The lowest BCUT2D eigenvalue weighted by molar-refractivity contribution is 0.102. The van der Waals surface area contributed by atoms with Crippen LogP contribution in [-0.2, 0) is 6.54 Å². The Kier molecular flexibility index (Phi) is 4.62. The van der Waals surface area contributed by atoms with Gasteiger partial charge in [-0.1, -0.05) is 18.2 Å². The Morgan fingerprint density at radius 3 is 2.75 bits per heavy atom. The molecule has 20 heavy (non-hydrogen) atoms. The summed E-state index contributed by atoms with van der Waals surface area (Å²) in [7, 11) is 0. The van der Waals surface area contributed by atoms with Gasteiger partial charge in [-0.15, -0.1) is 0 Å². The van der Waals surface area contributed by atoms with Crippen molar-refractivity contribution in [3.63, 3.8) is 0 Å². The van der Waals surface area contributed by atoms with Crippen molar-refractivity contribution in [1.82, 2.24) is 9.78 Å². The van der Waals surface area contributed by atoms with E-state index in [1.54, 1.807) is 24.4 Å². The second-order valence-electron chi connectivity index (χ2n) is 4.19. The zero-order valence-electron chi connectivity index (χ0n) is 10.8. The zero-order valence-corrected chi connectivity index (χ0v) is 10.8. The van der Waals surface area contributed by atoms with Crippen molar-refractivity contribution in [2.75, 3.05) is 11.9 Å². The van der Waals surface area contributed by atoms with Crippen LogP contribution < -0.4 is 11.1 Å². The topological polar surface area (TPSA) is 72.9 Å². The van der Waals surface area contributed by atoms with Gasteiger partial charge in [0.2, 0.25) is 0 Å². The van der Waals surface area contributed by atoms with Gasteiger partial charge in [0, 0.05) is 18.4 Å². The number of rotatable bonds is 5. The van der Waals surface area contributed by atoms with Gasteiger partial charge in [-0.3, -0.25) is 9.48 Å². The van der Waals surface area contributed by atoms with E-state index in [1.165, 1.54) is 4.68 Å². The predicted molar refractivity (Wildman–Crippen MR) is 74.9 cm³/mol. The maximum atomic E-state index is 12.4. The summed E-state index contributed by atoms with van der Waals surface area (Å²) in [5.41, 5.74) is 6.74. The largest absolute Gasteiger partial charge is 0.327 e. The molecule has 0 atom stereocenters. The molecule has 0 saturated heterocycles. The Hall–Kier alpha value is -2.47. The highest BCUT2D eigenvalue weighted by atomic mass is 19.1. The van der Waals surface area contributed by atoms with Gasteiger partial charge in [0.1, 0.15) is 0 Å². The third-order valence-corrected chi connectivity index (χ3v) is 2.69. The summed E-state index contributed by atoms with van der Waals surface area (Å²) < 4.78 is 13.9. The second-order valence-corrected chi connectivity index (χ2v) is 4.19. The highest BCUT2D eigenvalue weighted by Gasteiger charge is 2.10. The first kappa shape index (κ1) is 14.0. The van der Waals surface area contributed by atoms with Crippen LogP contribution in [0.1, 0.15) is 10.5 Å². The lowest BCUT2D eigenvalue weighted by Crippen LogP contribution is -2.14. The van der Waals surface area contributed by atoms with Crippen molar-refractivity contribution in [2.24, 2.45) is 5.73 Å². The van der Waals surface area contributed by atoms with Crippen LogP contribution in [0.5, 0.6) is 0 Å². The molecule has 1 amide bonds. The van der Waals surface area contributed by atoms with E-state index >= 15 is 0 Å². The first-order valence-electron chi connectivity index (χ1n) is 6.11. The van der Waals surface area contributed by atoms with Crippen molar-refractivity contribution in [2.45, 2.75) is 6.54 Å². The number of hydrogen-bond donors (Lipinski definition) is 2. The van der Waals surface area contributed by atoms with Crippen molar-refractivity contribution in [3.8, 4) is 0 Å². The van der Waals surface area contributed by atoms with Gasteiger partial charge in [0.15, 0.2) is 5.69 Å². The van der Waals surface area contributed by atoms with Gasteiger partial charge in [-0.2, -0.15) is 5.10 Å². The number of benzene rings is 1. The molecule has 0 aliphatic rings. The number of nitrogens with zero attached hydrogens (tertiary/aromatic N) is 2. The second kappa shape index (κ2) is 6.63. The highest BCUT2D eigenvalue weighted by molar-refractivity contribution is 6.02. The molecule has 0 aliphatic carbocycles. The molecule has 0 aliphatic heterocycles. The average molecular weight is 274 g/mol. The first-order valence-corrected chi connectivity index (χ1v) is 6.11. The number of amides is 1. The molecule has 1 aromatic heterocycles. The smallest absolute Gasteiger partial charge is 0.276 e.